The van der Waals surface area contributed by atoms with E-state index in [1.807, 2.05) is 19.1 Å². The summed E-state index contributed by atoms with van der Waals surface area (Å²) in [4.78, 5) is 28.5. The Labute approximate surface area is 188 Å². The van der Waals surface area contributed by atoms with Crippen molar-refractivity contribution >= 4 is 23.8 Å². The fraction of sp³-hybridized carbons (Fsp3) is 0.348. The zero-order chi connectivity index (χ0) is 24.0. The third kappa shape index (κ3) is 7.23. The molecule has 0 atom stereocenters. The SMILES string of the molecule is Cc1ccnc(NCCCOc2ccc3c(c2)CN(CC(F)(F)F)C(=O)C(CC(=O)O)=C3)c1. The molecule has 0 fully saturated rings. The van der Waals surface area contributed by atoms with E-state index in [2.05, 4.69) is 10.3 Å². The number of rotatable bonds is 9. The van der Waals surface area contributed by atoms with Gasteiger partial charge in [-0.1, -0.05) is 6.07 Å². The molecule has 0 spiro atoms. The van der Waals surface area contributed by atoms with Gasteiger partial charge in [0.25, 0.3) is 5.91 Å². The van der Waals surface area contributed by atoms with Crippen molar-refractivity contribution in [3.8, 4) is 5.75 Å². The van der Waals surface area contributed by atoms with Crippen LogP contribution in [-0.4, -0.2) is 52.7 Å². The van der Waals surface area contributed by atoms with E-state index in [4.69, 9.17) is 9.84 Å². The van der Waals surface area contributed by atoms with E-state index in [1.165, 1.54) is 6.08 Å². The molecule has 1 amide bonds. The summed E-state index contributed by atoms with van der Waals surface area (Å²) >= 11 is 0. The Morgan fingerprint density at radius 1 is 1.27 bits per heavy atom. The molecule has 0 radical (unpaired) electrons. The molecule has 0 saturated heterocycles. The highest BCUT2D eigenvalue weighted by molar-refractivity contribution is 6.02. The molecule has 3 rings (SSSR count). The highest BCUT2D eigenvalue weighted by Gasteiger charge is 2.35. The van der Waals surface area contributed by atoms with Crippen LogP contribution in [0.15, 0.2) is 42.1 Å². The number of anilines is 1. The first-order chi connectivity index (χ1) is 15.6. The van der Waals surface area contributed by atoms with Crippen LogP contribution < -0.4 is 10.1 Å². The lowest BCUT2D eigenvalue weighted by atomic mass is 10.0. The van der Waals surface area contributed by atoms with E-state index < -0.39 is 31.0 Å². The van der Waals surface area contributed by atoms with Crippen molar-refractivity contribution in [2.75, 3.05) is 25.0 Å². The van der Waals surface area contributed by atoms with Crippen LogP contribution in [0.4, 0.5) is 19.0 Å². The summed E-state index contributed by atoms with van der Waals surface area (Å²) in [6, 6.07) is 8.67. The average Bonchev–Trinajstić information content (AvgIpc) is 2.83. The molecule has 1 aliphatic heterocycles. The van der Waals surface area contributed by atoms with Gasteiger partial charge in [0.05, 0.1) is 13.0 Å². The molecule has 10 heteroatoms. The number of carboxylic acids is 1. The number of carbonyl (C=O) groups is 2. The lowest BCUT2D eigenvalue weighted by Crippen LogP contribution is -2.38. The number of alkyl halides is 3. The van der Waals surface area contributed by atoms with Crippen molar-refractivity contribution < 1.29 is 32.6 Å². The van der Waals surface area contributed by atoms with Crippen molar-refractivity contribution in [2.24, 2.45) is 0 Å². The van der Waals surface area contributed by atoms with Crippen LogP contribution in [0.5, 0.6) is 5.75 Å². The van der Waals surface area contributed by atoms with Crippen LogP contribution in [0.2, 0.25) is 0 Å². The van der Waals surface area contributed by atoms with E-state index in [1.54, 1.807) is 24.4 Å². The number of pyridine rings is 1. The molecule has 1 aliphatic rings. The Kier molecular flexibility index (Phi) is 7.57. The van der Waals surface area contributed by atoms with E-state index in [0.717, 1.165) is 11.4 Å². The quantitative estimate of drug-likeness (QED) is 0.546. The van der Waals surface area contributed by atoms with Gasteiger partial charge in [-0.05, 0) is 60.4 Å². The zero-order valence-corrected chi connectivity index (χ0v) is 18.0. The number of carboxylic acid groups (broad SMARTS) is 1. The lowest BCUT2D eigenvalue weighted by molar-refractivity contribution is -0.160. The number of hydrogen-bond donors (Lipinski definition) is 2. The molecule has 0 saturated carbocycles. The monoisotopic (exact) mass is 463 g/mol. The number of amides is 1. The van der Waals surface area contributed by atoms with Crippen molar-refractivity contribution in [1.29, 1.82) is 0 Å². The highest BCUT2D eigenvalue weighted by atomic mass is 19.4. The third-order valence-electron chi connectivity index (χ3n) is 4.89. The summed E-state index contributed by atoms with van der Waals surface area (Å²) in [7, 11) is 0. The fourth-order valence-electron chi connectivity index (χ4n) is 3.42. The number of nitrogens with zero attached hydrogens (tertiary/aromatic N) is 2. The first-order valence-electron chi connectivity index (χ1n) is 10.3. The number of hydrogen-bond acceptors (Lipinski definition) is 5. The van der Waals surface area contributed by atoms with Gasteiger partial charge >= 0.3 is 12.1 Å². The van der Waals surface area contributed by atoms with E-state index in [9.17, 15) is 22.8 Å². The largest absolute Gasteiger partial charge is 0.494 e. The van der Waals surface area contributed by atoms with E-state index >= 15 is 0 Å². The molecule has 2 aromatic rings. The number of fused-ring (bicyclic) bond motifs is 1. The van der Waals surface area contributed by atoms with Crippen molar-refractivity contribution in [3.05, 3.63) is 58.8 Å². The van der Waals surface area contributed by atoms with Crippen LogP contribution >= 0.6 is 0 Å². The maximum atomic E-state index is 13.0. The number of aliphatic carboxylic acids is 1. The van der Waals surface area contributed by atoms with Gasteiger partial charge < -0.3 is 20.1 Å². The highest BCUT2D eigenvalue weighted by Crippen LogP contribution is 2.29. The maximum Gasteiger partial charge on any atom is 0.406 e. The standard InChI is InChI=1S/C23H24F3N3O4/c1-15-5-7-28-20(9-15)27-6-2-8-33-19-4-3-16-10-17(12-21(30)31)22(32)29(13-18(16)11-19)14-23(24,25)26/h3-5,7,9-11H,2,6,8,12-14H2,1H3,(H,27,28)(H,30,31). The number of aryl methyl sites for hydroxylation is 1. The van der Waals surface area contributed by atoms with Gasteiger partial charge in [-0.25, -0.2) is 4.98 Å². The number of halogens is 3. The van der Waals surface area contributed by atoms with Crippen LogP contribution in [0, 0.1) is 6.92 Å². The van der Waals surface area contributed by atoms with Gasteiger partial charge in [0.2, 0.25) is 0 Å². The minimum absolute atomic E-state index is 0.199. The second-order valence-electron chi connectivity index (χ2n) is 7.72. The smallest absolute Gasteiger partial charge is 0.406 e. The molecular formula is C23H24F3N3O4. The minimum atomic E-state index is -4.61. The van der Waals surface area contributed by atoms with Crippen molar-refractivity contribution in [3.63, 3.8) is 0 Å². The molecule has 1 aromatic carbocycles. The fourth-order valence-corrected chi connectivity index (χ4v) is 3.42. The predicted octanol–water partition coefficient (Wildman–Crippen LogP) is 4.03. The van der Waals surface area contributed by atoms with E-state index in [-0.39, 0.29) is 12.1 Å². The van der Waals surface area contributed by atoms with Gasteiger partial charge in [-0.15, -0.1) is 0 Å². The Hall–Kier alpha value is -3.56. The van der Waals surface area contributed by atoms with Gasteiger partial charge in [-0.3, -0.25) is 9.59 Å². The first-order valence-corrected chi connectivity index (χ1v) is 10.3. The Morgan fingerprint density at radius 3 is 2.76 bits per heavy atom. The molecule has 33 heavy (non-hydrogen) atoms. The summed E-state index contributed by atoms with van der Waals surface area (Å²) in [6.07, 6.45) is -1.55. The van der Waals surface area contributed by atoms with Crippen LogP contribution in [0.25, 0.3) is 6.08 Å². The van der Waals surface area contributed by atoms with Crippen LogP contribution in [-0.2, 0) is 16.1 Å². The number of nitrogens with one attached hydrogen (secondary N) is 1. The summed E-state index contributed by atoms with van der Waals surface area (Å²) in [5.74, 6) is -1.01. The molecule has 7 nitrogen and oxygen atoms in total. The van der Waals surface area contributed by atoms with Crippen LogP contribution in [0.1, 0.15) is 29.5 Å². The van der Waals surface area contributed by atoms with Crippen molar-refractivity contribution in [2.45, 2.75) is 32.5 Å². The zero-order valence-electron chi connectivity index (χ0n) is 18.0. The Morgan fingerprint density at radius 2 is 2.06 bits per heavy atom. The minimum Gasteiger partial charge on any atom is -0.494 e. The number of aromatic nitrogens is 1. The summed E-state index contributed by atoms with van der Waals surface area (Å²) in [6.45, 7) is 1.19. The van der Waals surface area contributed by atoms with Gasteiger partial charge in [0, 0.05) is 24.9 Å². The molecule has 1 aromatic heterocycles. The lowest BCUT2D eigenvalue weighted by Gasteiger charge is -2.23. The van der Waals surface area contributed by atoms with Gasteiger partial charge in [0.15, 0.2) is 0 Å². The molecule has 0 bridgehead atoms. The number of ether oxygens (including phenoxy) is 1. The number of benzene rings is 1. The van der Waals surface area contributed by atoms with Gasteiger partial charge in [-0.2, -0.15) is 13.2 Å². The summed E-state index contributed by atoms with van der Waals surface area (Å²) in [5.41, 5.74) is 1.83. The molecular weight excluding hydrogens is 439 g/mol. The van der Waals surface area contributed by atoms with Gasteiger partial charge in [0.1, 0.15) is 18.1 Å². The second kappa shape index (κ2) is 10.4. The second-order valence-corrected chi connectivity index (χ2v) is 7.72. The third-order valence-corrected chi connectivity index (χ3v) is 4.89. The Balaban J connectivity index is 1.66. The summed E-state index contributed by atoms with van der Waals surface area (Å²) < 4.78 is 44.8. The Bertz CT molecular complexity index is 1050. The topological polar surface area (TPSA) is 91.8 Å². The average molecular weight is 463 g/mol. The first kappa shape index (κ1) is 24.1. The normalized spacial score (nSPS) is 13.8. The molecule has 0 aliphatic carbocycles. The maximum absolute atomic E-state index is 13.0. The molecule has 0 unspecified atom stereocenters. The number of carbonyl (C=O) groups excluding carboxylic acids is 1. The molecule has 2 heterocycles. The van der Waals surface area contributed by atoms with E-state index in [0.29, 0.717) is 41.3 Å². The predicted molar refractivity (Wildman–Crippen MR) is 116 cm³/mol. The summed E-state index contributed by atoms with van der Waals surface area (Å²) in [5, 5.41) is 12.2. The molecule has 2 N–H and O–H groups in total. The van der Waals surface area contributed by atoms with Crippen LogP contribution in [0.3, 0.4) is 0 Å². The molecule has 176 valence electrons. The van der Waals surface area contributed by atoms with Crippen molar-refractivity contribution in [1.82, 2.24) is 9.88 Å².